The maximum absolute atomic E-state index is 3.48. The van der Waals surface area contributed by atoms with Crippen molar-refractivity contribution in [2.45, 2.75) is 6.42 Å². The van der Waals surface area contributed by atoms with Gasteiger partial charge in [0.25, 0.3) is 0 Å². The van der Waals surface area contributed by atoms with Crippen LogP contribution in [0.25, 0.3) is 6.08 Å². The fourth-order valence-electron chi connectivity index (χ4n) is 1.18. The van der Waals surface area contributed by atoms with Crippen molar-refractivity contribution in [3.05, 3.63) is 39.9 Å². The summed E-state index contributed by atoms with van der Waals surface area (Å²) in [5.74, 6) is 0. The Bertz CT molecular complexity index is 287. The molecule has 0 nitrogen and oxygen atoms in total. The van der Waals surface area contributed by atoms with E-state index in [0.717, 1.165) is 6.42 Å². The first-order valence-corrected chi connectivity index (χ1v) is 4.02. The zero-order valence-electron chi connectivity index (χ0n) is 5.39. The van der Waals surface area contributed by atoms with Gasteiger partial charge in [0.05, 0.1) is 0 Å². The van der Waals surface area contributed by atoms with Crippen molar-refractivity contribution < 1.29 is 0 Å². The molecule has 0 unspecified atom stereocenters. The zero-order valence-corrected chi connectivity index (χ0v) is 6.98. The first-order valence-electron chi connectivity index (χ1n) is 3.23. The van der Waals surface area contributed by atoms with E-state index >= 15 is 0 Å². The van der Waals surface area contributed by atoms with Crippen molar-refractivity contribution in [3.63, 3.8) is 0 Å². The highest BCUT2D eigenvalue weighted by molar-refractivity contribution is 9.10. The Kier molecular flexibility index (Phi) is 1.38. The van der Waals surface area contributed by atoms with Crippen LogP contribution in [0.15, 0.2) is 22.7 Å². The summed E-state index contributed by atoms with van der Waals surface area (Å²) in [5, 5.41) is 0. The minimum Gasteiger partial charge on any atom is -0.0795 e. The number of halogens is 1. The average Bonchev–Trinajstić information content (AvgIpc) is 2.36. The maximum Gasteiger partial charge on any atom is 0.0222 e. The normalized spacial score (nSPS) is 13.7. The van der Waals surface area contributed by atoms with Crippen LogP contribution in [0, 0.1) is 6.07 Å². The third kappa shape index (κ3) is 0.816. The molecule has 0 N–H and O–H groups in total. The number of hydrogen-bond donors (Lipinski definition) is 0. The maximum atomic E-state index is 3.48. The van der Waals surface area contributed by atoms with Gasteiger partial charge >= 0.3 is 0 Å². The lowest BCUT2D eigenvalue weighted by Gasteiger charge is -1.98. The van der Waals surface area contributed by atoms with Crippen LogP contribution < -0.4 is 0 Å². The molecule has 1 aromatic carbocycles. The van der Waals surface area contributed by atoms with Gasteiger partial charge in [-0.05, 0) is 35.7 Å². The van der Waals surface area contributed by atoms with Gasteiger partial charge in [0, 0.05) is 4.47 Å². The van der Waals surface area contributed by atoms with Crippen LogP contribution in [0.3, 0.4) is 0 Å². The summed E-state index contributed by atoms with van der Waals surface area (Å²) in [7, 11) is 0. The van der Waals surface area contributed by atoms with Gasteiger partial charge in [0.15, 0.2) is 0 Å². The minimum atomic E-state index is 1.06. The number of rotatable bonds is 0. The van der Waals surface area contributed by atoms with E-state index in [1.165, 1.54) is 15.6 Å². The topological polar surface area (TPSA) is 0 Å². The molecular weight excluding hydrogens is 188 g/mol. The van der Waals surface area contributed by atoms with Gasteiger partial charge in [-0.3, -0.25) is 0 Å². The molecule has 10 heavy (non-hydrogen) atoms. The molecule has 1 aliphatic carbocycles. The van der Waals surface area contributed by atoms with E-state index in [-0.39, 0.29) is 0 Å². The van der Waals surface area contributed by atoms with Crippen molar-refractivity contribution >= 4 is 22.0 Å². The number of benzene rings is 1. The van der Waals surface area contributed by atoms with Crippen molar-refractivity contribution in [2.75, 3.05) is 0 Å². The fraction of sp³-hybridized carbons (Fsp3) is 0.111. The first kappa shape index (κ1) is 6.17. The largest absolute Gasteiger partial charge is 0.0795 e. The van der Waals surface area contributed by atoms with Crippen LogP contribution in [0.5, 0.6) is 0 Å². The molecule has 1 radical (unpaired) electrons. The molecule has 0 amide bonds. The summed E-state index contributed by atoms with van der Waals surface area (Å²) in [6.45, 7) is 0. The predicted molar refractivity (Wildman–Crippen MR) is 45.7 cm³/mol. The highest BCUT2D eigenvalue weighted by atomic mass is 79.9. The van der Waals surface area contributed by atoms with Crippen LogP contribution in [-0.2, 0) is 6.42 Å². The Morgan fingerprint density at radius 3 is 3.10 bits per heavy atom. The van der Waals surface area contributed by atoms with E-state index in [9.17, 15) is 0 Å². The highest BCUT2D eigenvalue weighted by Gasteiger charge is 2.06. The molecule has 2 rings (SSSR count). The van der Waals surface area contributed by atoms with Crippen molar-refractivity contribution in [1.29, 1.82) is 0 Å². The molecule has 0 spiro atoms. The second-order valence-electron chi connectivity index (χ2n) is 2.34. The highest BCUT2D eigenvalue weighted by Crippen LogP contribution is 2.26. The zero-order chi connectivity index (χ0) is 6.97. The SMILES string of the molecule is Brc1c[c]cc2c1CC=C2. The molecule has 1 aliphatic rings. The Labute approximate surface area is 68.7 Å². The van der Waals surface area contributed by atoms with Crippen LogP contribution >= 0.6 is 15.9 Å². The van der Waals surface area contributed by atoms with Crippen LogP contribution in [0.1, 0.15) is 11.1 Å². The molecule has 0 heterocycles. The molecule has 1 aromatic rings. The van der Waals surface area contributed by atoms with Gasteiger partial charge in [-0.2, -0.15) is 0 Å². The van der Waals surface area contributed by atoms with Crippen LogP contribution in [-0.4, -0.2) is 0 Å². The minimum absolute atomic E-state index is 1.06. The molecule has 49 valence electrons. The molecule has 0 fully saturated rings. The lowest BCUT2D eigenvalue weighted by Crippen LogP contribution is -1.81. The number of hydrogen-bond acceptors (Lipinski definition) is 0. The second kappa shape index (κ2) is 2.24. The van der Waals surface area contributed by atoms with Crippen molar-refractivity contribution in [1.82, 2.24) is 0 Å². The number of fused-ring (bicyclic) bond motifs is 1. The average molecular weight is 194 g/mol. The standard InChI is InChI=1S/C9H6Br/c10-9-6-2-4-7-3-1-5-8(7)9/h1,3-4,6H,5H2. The Morgan fingerprint density at radius 1 is 1.40 bits per heavy atom. The lowest BCUT2D eigenvalue weighted by molar-refractivity contribution is 1.28. The monoisotopic (exact) mass is 193 g/mol. The Hall–Kier alpha value is -0.560. The summed E-state index contributed by atoms with van der Waals surface area (Å²) in [4.78, 5) is 0. The smallest absolute Gasteiger partial charge is 0.0222 e. The quantitative estimate of drug-likeness (QED) is 0.595. The summed E-state index contributed by atoms with van der Waals surface area (Å²) in [6.07, 6.45) is 5.37. The number of allylic oxidation sites excluding steroid dienone is 1. The van der Waals surface area contributed by atoms with E-state index in [4.69, 9.17) is 0 Å². The fourth-order valence-corrected chi connectivity index (χ4v) is 1.71. The molecule has 0 atom stereocenters. The molecule has 0 bridgehead atoms. The van der Waals surface area contributed by atoms with Crippen molar-refractivity contribution in [2.24, 2.45) is 0 Å². The van der Waals surface area contributed by atoms with Gasteiger partial charge in [0.2, 0.25) is 0 Å². The molecule has 0 saturated heterocycles. The molecule has 0 aliphatic heterocycles. The predicted octanol–water partition coefficient (Wildman–Crippen LogP) is 2.82. The van der Waals surface area contributed by atoms with Gasteiger partial charge in [-0.25, -0.2) is 0 Å². The van der Waals surface area contributed by atoms with E-state index in [2.05, 4.69) is 34.1 Å². The summed E-state index contributed by atoms with van der Waals surface area (Å²) in [5.41, 5.74) is 2.69. The summed E-state index contributed by atoms with van der Waals surface area (Å²) >= 11 is 3.48. The van der Waals surface area contributed by atoms with Gasteiger partial charge < -0.3 is 0 Å². The van der Waals surface area contributed by atoms with Gasteiger partial charge in [-0.15, -0.1) is 0 Å². The second-order valence-corrected chi connectivity index (χ2v) is 3.20. The summed E-state index contributed by atoms with van der Waals surface area (Å²) in [6, 6.07) is 7.04. The van der Waals surface area contributed by atoms with Crippen molar-refractivity contribution in [3.8, 4) is 0 Å². The molecule has 0 saturated carbocycles. The molecular formula is C9H6Br. The van der Waals surface area contributed by atoms with E-state index in [1.54, 1.807) is 0 Å². The van der Waals surface area contributed by atoms with Gasteiger partial charge in [-0.1, -0.05) is 28.1 Å². The third-order valence-corrected chi connectivity index (χ3v) is 2.41. The molecule has 0 aromatic heterocycles. The molecule has 1 heteroatoms. The first-order chi connectivity index (χ1) is 4.88. The van der Waals surface area contributed by atoms with Crippen LogP contribution in [0.2, 0.25) is 0 Å². The van der Waals surface area contributed by atoms with Gasteiger partial charge in [0.1, 0.15) is 0 Å². The van der Waals surface area contributed by atoms with E-state index < -0.39 is 0 Å². The summed E-state index contributed by atoms with van der Waals surface area (Å²) < 4.78 is 1.18. The van der Waals surface area contributed by atoms with E-state index in [1.807, 2.05) is 12.1 Å². The van der Waals surface area contributed by atoms with Crippen LogP contribution in [0.4, 0.5) is 0 Å². The van der Waals surface area contributed by atoms with E-state index in [0.29, 0.717) is 0 Å². The Morgan fingerprint density at radius 2 is 2.30 bits per heavy atom. The Balaban J connectivity index is 2.66. The third-order valence-electron chi connectivity index (χ3n) is 1.71. The lowest BCUT2D eigenvalue weighted by atomic mass is 10.1.